The summed E-state index contributed by atoms with van der Waals surface area (Å²) < 4.78 is 13.5. The minimum Gasteiger partial charge on any atom is -0.480 e. The van der Waals surface area contributed by atoms with E-state index in [0.717, 1.165) is 0 Å². The lowest BCUT2D eigenvalue weighted by molar-refractivity contribution is -0.140. The quantitative estimate of drug-likeness (QED) is 0.781. The molecule has 2 atom stereocenters. The molecule has 0 fully saturated rings. The van der Waals surface area contributed by atoms with Gasteiger partial charge in [0.05, 0.1) is 6.04 Å². The predicted molar refractivity (Wildman–Crippen MR) is 77.5 cm³/mol. The summed E-state index contributed by atoms with van der Waals surface area (Å²) in [5.74, 6) is -1.67. The van der Waals surface area contributed by atoms with Gasteiger partial charge < -0.3 is 15.7 Å². The molecule has 3 N–H and O–H groups in total. The first-order valence-corrected chi connectivity index (χ1v) is 6.78. The van der Waals surface area contributed by atoms with Gasteiger partial charge in [0.15, 0.2) is 0 Å². The van der Waals surface area contributed by atoms with Gasteiger partial charge in [-0.25, -0.2) is 14.0 Å². The second kappa shape index (κ2) is 7.06. The fourth-order valence-corrected chi connectivity index (χ4v) is 1.85. The molecule has 0 aromatic heterocycles. The molecule has 0 bridgehead atoms. The number of carboxylic acid groups (broad SMARTS) is 1. The third-order valence-corrected chi connectivity index (χ3v) is 3.26. The third kappa shape index (κ3) is 4.73. The highest BCUT2D eigenvalue weighted by molar-refractivity contribution is 5.82. The molecule has 0 aliphatic carbocycles. The summed E-state index contributed by atoms with van der Waals surface area (Å²) in [6.07, 6.45) is 0. The Labute approximate surface area is 123 Å². The van der Waals surface area contributed by atoms with Crippen molar-refractivity contribution in [2.45, 2.75) is 39.8 Å². The summed E-state index contributed by atoms with van der Waals surface area (Å²) in [4.78, 5) is 22.8. The van der Waals surface area contributed by atoms with Crippen molar-refractivity contribution in [3.63, 3.8) is 0 Å². The molecule has 1 aromatic carbocycles. The Kier molecular flexibility index (Phi) is 5.69. The fraction of sp³-hybridized carbons (Fsp3) is 0.467. The average molecular weight is 296 g/mol. The van der Waals surface area contributed by atoms with Crippen molar-refractivity contribution < 1.29 is 19.1 Å². The van der Waals surface area contributed by atoms with E-state index in [1.165, 1.54) is 6.07 Å². The standard InChI is InChI=1S/C15H21FN2O3/c1-8(2)13(14(19)20)18-15(21)17-10(4)11-6-5-9(3)12(16)7-11/h5-8,10,13H,1-4H3,(H,19,20)(H2,17,18,21). The number of carboxylic acids is 1. The molecule has 6 heteroatoms. The zero-order valence-corrected chi connectivity index (χ0v) is 12.6. The monoisotopic (exact) mass is 296 g/mol. The van der Waals surface area contributed by atoms with Gasteiger partial charge >= 0.3 is 12.0 Å². The Morgan fingerprint density at radius 3 is 2.29 bits per heavy atom. The first-order valence-electron chi connectivity index (χ1n) is 6.78. The molecule has 116 valence electrons. The van der Waals surface area contributed by atoms with E-state index in [1.54, 1.807) is 39.8 Å². The van der Waals surface area contributed by atoms with Gasteiger partial charge in [0, 0.05) is 0 Å². The van der Waals surface area contributed by atoms with Gasteiger partial charge in [0.25, 0.3) is 0 Å². The number of urea groups is 1. The number of aliphatic carboxylic acids is 1. The zero-order valence-electron chi connectivity index (χ0n) is 12.6. The van der Waals surface area contributed by atoms with Gasteiger partial charge in [-0.15, -0.1) is 0 Å². The van der Waals surface area contributed by atoms with E-state index in [1.807, 2.05) is 0 Å². The summed E-state index contributed by atoms with van der Waals surface area (Å²) in [6, 6.07) is 2.73. The molecule has 0 aliphatic rings. The molecule has 0 radical (unpaired) electrons. The zero-order chi connectivity index (χ0) is 16.2. The Morgan fingerprint density at radius 1 is 1.19 bits per heavy atom. The highest BCUT2D eigenvalue weighted by atomic mass is 19.1. The van der Waals surface area contributed by atoms with Crippen LogP contribution in [0.25, 0.3) is 0 Å². The molecule has 5 nitrogen and oxygen atoms in total. The Hall–Kier alpha value is -2.11. The van der Waals surface area contributed by atoms with Gasteiger partial charge in [-0.2, -0.15) is 0 Å². The van der Waals surface area contributed by atoms with Crippen LogP contribution in [0.4, 0.5) is 9.18 Å². The molecule has 0 aliphatic heterocycles. The number of amides is 2. The van der Waals surface area contributed by atoms with Gasteiger partial charge in [0.2, 0.25) is 0 Å². The van der Waals surface area contributed by atoms with E-state index >= 15 is 0 Å². The molecule has 1 aromatic rings. The summed E-state index contributed by atoms with van der Waals surface area (Å²) in [5, 5.41) is 14.0. The number of benzene rings is 1. The van der Waals surface area contributed by atoms with E-state index in [-0.39, 0.29) is 11.7 Å². The molecule has 1 rings (SSSR count). The number of carbonyl (C=O) groups excluding carboxylic acids is 1. The molecule has 0 saturated heterocycles. The third-order valence-electron chi connectivity index (χ3n) is 3.26. The van der Waals surface area contributed by atoms with Gasteiger partial charge in [0.1, 0.15) is 11.9 Å². The molecule has 0 saturated carbocycles. The van der Waals surface area contributed by atoms with E-state index in [4.69, 9.17) is 5.11 Å². The molecule has 2 unspecified atom stereocenters. The highest BCUT2D eigenvalue weighted by Crippen LogP contribution is 2.16. The molecule has 2 amide bonds. The number of carbonyl (C=O) groups is 2. The van der Waals surface area contributed by atoms with Crippen LogP contribution < -0.4 is 10.6 Å². The second-order valence-electron chi connectivity index (χ2n) is 5.41. The lowest BCUT2D eigenvalue weighted by Crippen LogP contribution is -2.49. The van der Waals surface area contributed by atoms with Crippen molar-refractivity contribution in [2.75, 3.05) is 0 Å². The first kappa shape index (κ1) is 16.9. The van der Waals surface area contributed by atoms with Crippen LogP contribution in [0.5, 0.6) is 0 Å². The number of nitrogens with one attached hydrogen (secondary N) is 2. The van der Waals surface area contributed by atoms with Gasteiger partial charge in [-0.05, 0) is 37.0 Å². The van der Waals surface area contributed by atoms with Crippen molar-refractivity contribution in [1.82, 2.24) is 10.6 Å². The maximum Gasteiger partial charge on any atom is 0.326 e. The Balaban J connectivity index is 2.69. The largest absolute Gasteiger partial charge is 0.480 e. The van der Waals surface area contributed by atoms with Crippen molar-refractivity contribution in [1.29, 1.82) is 0 Å². The minimum atomic E-state index is -1.09. The smallest absolute Gasteiger partial charge is 0.326 e. The number of halogens is 1. The topological polar surface area (TPSA) is 78.4 Å². The lowest BCUT2D eigenvalue weighted by Gasteiger charge is -2.21. The number of hydrogen-bond acceptors (Lipinski definition) is 2. The van der Waals surface area contributed by atoms with E-state index in [2.05, 4.69) is 10.6 Å². The van der Waals surface area contributed by atoms with Crippen molar-refractivity contribution >= 4 is 12.0 Å². The fourth-order valence-electron chi connectivity index (χ4n) is 1.85. The maximum atomic E-state index is 13.5. The van der Waals surface area contributed by atoms with Gasteiger partial charge in [-0.1, -0.05) is 26.0 Å². The summed E-state index contributed by atoms with van der Waals surface area (Å²) in [5.41, 5.74) is 1.14. The SMILES string of the molecule is Cc1ccc(C(C)NC(=O)NC(C(=O)O)C(C)C)cc1F. The van der Waals surface area contributed by atoms with Crippen molar-refractivity contribution in [2.24, 2.45) is 5.92 Å². The van der Waals surface area contributed by atoms with Crippen LogP contribution in [0.3, 0.4) is 0 Å². The average Bonchev–Trinajstić information content (AvgIpc) is 2.38. The van der Waals surface area contributed by atoms with Crippen LogP contribution in [0.1, 0.15) is 37.9 Å². The second-order valence-corrected chi connectivity index (χ2v) is 5.41. The van der Waals surface area contributed by atoms with Crippen LogP contribution in [0, 0.1) is 18.7 Å². The van der Waals surface area contributed by atoms with Crippen LogP contribution >= 0.6 is 0 Å². The summed E-state index contributed by atoms with van der Waals surface area (Å²) >= 11 is 0. The van der Waals surface area contributed by atoms with Crippen LogP contribution in [-0.2, 0) is 4.79 Å². The van der Waals surface area contributed by atoms with E-state index in [0.29, 0.717) is 11.1 Å². The number of aryl methyl sites for hydroxylation is 1. The van der Waals surface area contributed by atoms with Gasteiger partial charge in [-0.3, -0.25) is 0 Å². The summed E-state index contributed by atoms with van der Waals surface area (Å²) in [7, 11) is 0. The Bertz CT molecular complexity index is 532. The van der Waals surface area contributed by atoms with Crippen molar-refractivity contribution in [3.05, 3.63) is 35.1 Å². The number of rotatable bonds is 5. The molecular weight excluding hydrogens is 275 g/mol. The highest BCUT2D eigenvalue weighted by Gasteiger charge is 2.24. The lowest BCUT2D eigenvalue weighted by atomic mass is 10.0. The Morgan fingerprint density at radius 2 is 1.81 bits per heavy atom. The first-order chi connectivity index (χ1) is 9.72. The molecule has 0 spiro atoms. The van der Waals surface area contributed by atoms with Crippen LogP contribution in [0.2, 0.25) is 0 Å². The van der Waals surface area contributed by atoms with Crippen LogP contribution in [-0.4, -0.2) is 23.1 Å². The van der Waals surface area contributed by atoms with Crippen molar-refractivity contribution in [3.8, 4) is 0 Å². The normalized spacial score (nSPS) is 13.6. The van der Waals surface area contributed by atoms with E-state index in [9.17, 15) is 14.0 Å². The minimum absolute atomic E-state index is 0.236. The maximum absolute atomic E-state index is 13.5. The summed E-state index contributed by atoms with van der Waals surface area (Å²) in [6.45, 7) is 6.77. The van der Waals surface area contributed by atoms with E-state index < -0.39 is 24.1 Å². The molecule has 0 heterocycles. The number of hydrogen-bond donors (Lipinski definition) is 3. The van der Waals surface area contributed by atoms with Crippen LogP contribution in [0.15, 0.2) is 18.2 Å². The molecular formula is C15H21FN2O3. The predicted octanol–water partition coefficient (Wildman–Crippen LogP) is 2.60. The molecule has 21 heavy (non-hydrogen) atoms.